The van der Waals surface area contributed by atoms with E-state index >= 15 is 0 Å². The number of pyridine rings is 1. The second-order valence-corrected chi connectivity index (χ2v) is 4.76. The van der Waals surface area contributed by atoms with E-state index in [2.05, 4.69) is 29.0 Å². The first-order chi connectivity index (χ1) is 9.63. The lowest BCUT2D eigenvalue weighted by Crippen LogP contribution is -2.21. The quantitative estimate of drug-likeness (QED) is 0.882. The number of rotatable bonds is 5. The molecule has 0 unspecified atom stereocenters. The fraction of sp³-hybridized carbons (Fsp3) is 0.267. The van der Waals surface area contributed by atoms with Crippen molar-refractivity contribution in [2.24, 2.45) is 0 Å². The van der Waals surface area contributed by atoms with E-state index in [9.17, 15) is 4.39 Å². The standard InChI is InChI=1S/C15H17ClFN3/c1-3-20(4-2)13-7-5-12(6-8-13)19-15-14(17)9-11(16)10-18-15/h5-10H,3-4H2,1-2H3,(H,18,19). The normalized spacial score (nSPS) is 10.4. The van der Waals surface area contributed by atoms with Gasteiger partial charge in [-0.2, -0.15) is 0 Å². The Morgan fingerprint density at radius 2 is 1.85 bits per heavy atom. The van der Waals surface area contributed by atoms with Crippen molar-refractivity contribution in [1.82, 2.24) is 4.98 Å². The number of benzene rings is 1. The van der Waals surface area contributed by atoms with Gasteiger partial charge in [0, 0.05) is 30.7 Å². The van der Waals surface area contributed by atoms with Gasteiger partial charge in [0.2, 0.25) is 0 Å². The molecule has 0 radical (unpaired) electrons. The fourth-order valence-corrected chi connectivity index (χ4v) is 2.13. The predicted octanol–water partition coefficient (Wildman–Crippen LogP) is 4.46. The van der Waals surface area contributed by atoms with Gasteiger partial charge in [0.15, 0.2) is 11.6 Å². The lowest BCUT2D eigenvalue weighted by Gasteiger charge is -2.21. The van der Waals surface area contributed by atoms with Crippen LogP contribution in [-0.2, 0) is 0 Å². The highest BCUT2D eigenvalue weighted by molar-refractivity contribution is 6.30. The molecule has 0 amide bonds. The van der Waals surface area contributed by atoms with Crippen molar-refractivity contribution < 1.29 is 4.39 Å². The molecule has 0 atom stereocenters. The molecule has 20 heavy (non-hydrogen) atoms. The van der Waals surface area contributed by atoms with Crippen LogP contribution in [0.5, 0.6) is 0 Å². The molecule has 0 bridgehead atoms. The molecule has 0 aliphatic heterocycles. The van der Waals surface area contributed by atoms with Crippen LogP contribution in [0.25, 0.3) is 0 Å². The largest absolute Gasteiger partial charge is 0.372 e. The van der Waals surface area contributed by atoms with E-state index < -0.39 is 5.82 Å². The van der Waals surface area contributed by atoms with Crippen molar-refractivity contribution in [3.05, 3.63) is 47.4 Å². The number of nitrogens with one attached hydrogen (secondary N) is 1. The average Bonchev–Trinajstić information content (AvgIpc) is 2.45. The summed E-state index contributed by atoms with van der Waals surface area (Å²) >= 11 is 5.67. The van der Waals surface area contributed by atoms with Gasteiger partial charge in [-0.1, -0.05) is 11.6 Å². The third-order valence-corrected chi connectivity index (χ3v) is 3.27. The zero-order valence-corrected chi connectivity index (χ0v) is 12.3. The van der Waals surface area contributed by atoms with E-state index in [1.165, 1.54) is 12.3 Å². The molecule has 0 saturated heterocycles. The highest BCUT2D eigenvalue weighted by atomic mass is 35.5. The summed E-state index contributed by atoms with van der Waals surface area (Å²) in [6, 6.07) is 9.06. The molecule has 0 fully saturated rings. The van der Waals surface area contributed by atoms with Crippen LogP contribution in [0.3, 0.4) is 0 Å². The minimum absolute atomic E-state index is 0.171. The van der Waals surface area contributed by atoms with Crippen molar-refractivity contribution in [1.29, 1.82) is 0 Å². The van der Waals surface area contributed by atoms with Crippen molar-refractivity contribution in [2.45, 2.75) is 13.8 Å². The lowest BCUT2D eigenvalue weighted by molar-refractivity contribution is 0.626. The summed E-state index contributed by atoms with van der Waals surface area (Å²) < 4.78 is 13.6. The van der Waals surface area contributed by atoms with E-state index in [1.807, 2.05) is 24.3 Å². The van der Waals surface area contributed by atoms with Crippen LogP contribution in [0.1, 0.15) is 13.8 Å². The Balaban J connectivity index is 2.14. The third-order valence-electron chi connectivity index (χ3n) is 3.07. The maximum atomic E-state index is 13.6. The number of hydrogen-bond acceptors (Lipinski definition) is 3. The number of nitrogens with zero attached hydrogens (tertiary/aromatic N) is 2. The van der Waals surface area contributed by atoms with E-state index in [0.717, 1.165) is 24.5 Å². The van der Waals surface area contributed by atoms with Gasteiger partial charge in [-0.15, -0.1) is 0 Å². The summed E-state index contributed by atoms with van der Waals surface area (Å²) in [5.74, 6) is -0.296. The second-order valence-electron chi connectivity index (χ2n) is 4.33. The molecule has 0 aliphatic carbocycles. The minimum atomic E-state index is -0.467. The summed E-state index contributed by atoms with van der Waals surface area (Å²) in [6.07, 6.45) is 1.41. The van der Waals surface area contributed by atoms with Crippen LogP contribution in [-0.4, -0.2) is 18.1 Å². The predicted molar refractivity (Wildman–Crippen MR) is 82.5 cm³/mol. The van der Waals surface area contributed by atoms with Gasteiger partial charge in [-0.3, -0.25) is 0 Å². The maximum absolute atomic E-state index is 13.6. The Kier molecular flexibility index (Phi) is 4.79. The lowest BCUT2D eigenvalue weighted by atomic mass is 10.2. The highest BCUT2D eigenvalue weighted by Crippen LogP contribution is 2.22. The van der Waals surface area contributed by atoms with E-state index in [-0.39, 0.29) is 10.8 Å². The average molecular weight is 294 g/mol. The van der Waals surface area contributed by atoms with Crippen LogP contribution in [0.15, 0.2) is 36.5 Å². The molecule has 1 aromatic carbocycles. The summed E-state index contributed by atoms with van der Waals surface area (Å²) in [6.45, 7) is 6.14. The number of aromatic nitrogens is 1. The number of hydrogen-bond donors (Lipinski definition) is 1. The number of halogens is 2. The molecule has 1 aromatic heterocycles. The highest BCUT2D eigenvalue weighted by Gasteiger charge is 2.06. The van der Waals surface area contributed by atoms with Crippen LogP contribution in [0.2, 0.25) is 5.02 Å². The third kappa shape index (κ3) is 3.39. The van der Waals surface area contributed by atoms with Gasteiger partial charge < -0.3 is 10.2 Å². The zero-order valence-electron chi connectivity index (χ0n) is 11.5. The van der Waals surface area contributed by atoms with Crippen LogP contribution >= 0.6 is 11.6 Å². The van der Waals surface area contributed by atoms with Gasteiger partial charge >= 0.3 is 0 Å². The number of anilines is 3. The van der Waals surface area contributed by atoms with Gasteiger partial charge in [-0.05, 0) is 44.2 Å². The Hall–Kier alpha value is -1.81. The molecule has 0 aliphatic rings. The van der Waals surface area contributed by atoms with Gasteiger partial charge in [0.25, 0.3) is 0 Å². The first kappa shape index (κ1) is 14.6. The van der Waals surface area contributed by atoms with Crippen LogP contribution in [0.4, 0.5) is 21.6 Å². The molecule has 1 heterocycles. The Morgan fingerprint density at radius 1 is 1.20 bits per heavy atom. The van der Waals surface area contributed by atoms with Crippen molar-refractivity contribution in [3.63, 3.8) is 0 Å². The first-order valence-corrected chi connectivity index (χ1v) is 6.95. The van der Waals surface area contributed by atoms with E-state index in [4.69, 9.17) is 11.6 Å². The summed E-state index contributed by atoms with van der Waals surface area (Å²) in [4.78, 5) is 6.18. The second kappa shape index (κ2) is 6.57. The van der Waals surface area contributed by atoms with Gasteiger partial charge in [-0.25, -0.2) is 9.37 Å². The SMILES string of the molecule is CCN(CC)c1ccc(Nc2ncc(Cl)cc2F)cc1. The summed E-state index contributed by atoms with van der Waals surface area (Å²) in [7, 11) is 0. The monoisotopic (exact) mass is 293 g/mol. The molecule has 1 N–H and O–H groups in total. The molecule has 0 spiro atoms. The molecule has 2 aromatic rings. The molecule has 106 valence electrons. The Morgan fingerprint density at radius 3 is 2.40 bits per heavy atom. The molecule has 5 heteroatoms. The minimum Gasteiger partial charge on any atom is -0.372 e. The van der Waals surface area contributed by atoms with Crippen molar-refractivity contribution >= 4 is 28.8 Å². The van der Waals surface area contributed by atoms with Crippen LogP contribution in [0, 0.1) is 5.82 Å². The molecule has 2 rings (SSSR count). The summed E-state index contributed by atoms with van der Waals surface area (Å²) in [5, 5.41) is 3.22. The van der Waals surface area contributed by atoms with Gasteiger partial charge in [0.1, 0.15) is 0 Å². The van der Waals surface area contributed by atoms with Crippen molar-refractivity contribution in [3.8, 4) is 0 Å². The zero-order chi connectivity index (χ0) is 14.5. The molecular weight excluding hydrogens is 277 g/mol. The Bertz CT molecular complexity index is 568. The summed E-state index contributed by atoms with van der Waals surface area (Å²) in [5.41, 5.74) is 1.93. The molecular formula is C15H17ClFN3. The van der Waals surface area contributed by atoms with Crippen LogP contribution < -0.4 is 10.2 Å². The molecule has 3 nitrogen and oxygen atoms in total. The first-order valence-electron chi connectivity index (χ1n) is 6.57. The fourth-order valence-electron chi connectivity index (χ4n) is 1.99. The van der Waals surface area contributed by atoms with Gasteiger partial charge in [0.05, 0.1) is 5.02 Å². The smallest absolute Gasteiger partial charge is 0.167 e. The topological polar surface area (TPSA) is 28.2 Å². The maximum Gasteiger partial charge on any atom is 0.167 e. The van der Waals surface area contributed by atoms with E-state index in [1.54, 1.807) is 0 Å². The van der Waals surface area contributed by atoms with Crippen molar-refractivity contribution in [2.75, 3.05) is 23.3 Å². The molecule has 0 saturated carbocycles. The van der Waals surface area contributed by atoms with E-state index in [0.29, 0.717) is 0 Å². The Labute approximate surface area is 123 Å².